The topological polar surface area (TPSA) is 201 Å². The Morgan fingerprint density at radius 3 is 2.40 bits per heavy atom. The van der Waals surface area contributed by atoms with Gasteiger partial charge in [-0.1, -0.05) is 30.3 Å². The third-order valence-corrected chi connectivity index (χ3v) is 5.98. The highest BCUT2D eigenvalue weighted by Gasteiger charge is 2.10. The molecule has 0 saturated carbocycles. The monoisotopic (exact) mass is 577 g/mol. The van der Waals surface area contributed by atoms with Gasteiger partial charge in [0.25, 0.3) is 16.7 Å². The van der Waals surface area contributed by atoms with Crippen LogP contribution in [0.3, 0.4) is 0 Å². The molecule has 0 spiro atoms. The van der Waals surface area contributed by atoms with Crippen LogP contribution in [0.2, 0.25) is 0 Å². The van der Waals surface area contributed by atoms with Crippen molar-refractivity contribution in [2.75, 3.05) is 31.0 Å². The molecular formula is C27H35N3O9S. The van der Waals surface area contributed by atoms with E-state index >= 15 is 0 Å². The van der Waals surface area contributed by atoms with Gasteiger partial charge < -0.3 is 35.2 Å². The maximum Gasteiger partial charge on any atom is 0.296 e. The van der Waals surface area contributed by atoms with Crippen LogP contribution in [0.1, 0.15) is 28.4 Å². The highest BCUT2D eigenvalue weighted by molar-refractivity contribution is 7.90. The van der Waals surface area contributed by atoms with E-state index in [1.54, 1.807) is 30.3 Å². The molecule has 0 aromatic heterocycles. The molecule has 0 radical (unpaired) electrons. The fraction of sp³-hybridized carbons (Fsp3) is 0.296. The molecule has 0 fully saturated rings. The van der Waals surface area contributed by atoms with Gasteiger partial charge in [-0.3, -0.25) is 9.52 Å². The second-order valence-electron chi connectivity index (χ2n) is 8.51. The molecule has 0 amide bonds. The summed E-state index contributed by atoms with van der Waals surface area (Å²) in [6.45, 7) is 1.52. The smallest absolute Gasteiger partial charge is 0.296 e. The number of hydrogen-bond acceptors (Lipinski definition) is 9. The van der Waals surface area contributed by atoms with Gasteiger partial charge in [0.2, 0.25) is 0 Å². The van der Waals surface area contributed by atoms with Crippen molar-refractivity contribution >= 4 is 22.4 Å². The number of rotatable bonds is 15. The average Bonchev–Trinajstić information content (AvgIpc) is 2.91. The molecule has 3 aromatic rings. The number of aliphatic hydroxyl groups is 2. The lowest BCUT2D eigenvalue weighted by molar-refractivity contribution is -0.122. The van der Waals surface area contributed by atoms with Crippen LogP contribution in [-0.4, -0.2) is 61.6 Å². The number of phenols is 1. The zero-order chi connectivity index (χ0) is 29.4. The van der Waals surface area contributed by atoms with Gasteiger partial charge in [0.15, 0.2) is 0 Å². The van der Waals surface area contributed by atoms with Crippen LogP contribution in [0.15, 0.2) is 66.7 Å². The molecule has 12 nitrogen and oxygen atoms in total. The second-order valence-corrected chi connectivity index (χ2v) is 9.81. The van der Waals surface area contributed by atoms with Gasteiger partial charge in [-0.25, -0.2) is 5.14 Å². The highest BCUT2D eigenvalue weighted by Crippen LogP contribution is 2.22. The third-order valence-electron chi connectivity index (χ3n) is 5.46. The highest BCUT2D eigenvalue weighted by atomic mass is 32.2. The van der Waals surface area contributed by atoms with Gasteiger partial charge in [-0.2, -0.15) is 8.42 Å². The maximum absolute atomic E-state index is 11.1. The van der Waals surface area contributed by atoms with E-state index in [9.17, 15) is 23.7 Å². The second kappa shape index (κ2) is 17.1. The van der Waals surface area contributed by atoms with Crippen molar-refractivity contribution in [3.63, 3.8) is 0 Å². The van der Waals surface area contributed by atoms with E-state index in [0.29, 0.717) is 49.7 Å². The minimum Gasteiger partial charge on any atom is -0.508 e. The Bertz CT molecular complexity index is 1290. The number of aromatic hydroxyl groups is 1. The number of nitrogens with two attached hydrogens (primary N) is 1. The van der Waals surface area contributed by atoms with E-state index in [1.807, 2.05) is 30.3 Å². The quantitative estimate of drug-likeness (QED) is 0.103. The lowest BCUT2D eigenvalue weighted by atomic mass is 10.1. The fourth-order valence-corrected chi connectivity index (χ4v) is 4.03. The van der Waals surface area contributed by atoms with E-state index in [1.165, 1.54) is 6.07 Å². The normalized spacial score (nSPS) is 11.7. The molecule has 0 heterocycles. The molecule has 0 aliphatic heterocycles. The molecule has 0 unspecified atom stereocenters. The summed E-state index contributed by atoms with van der Waals surface area (Å²) in [4.78, 5) is 8.36. The summed E-state index contributed by atoms with van der Waals surface area (Å²) in [5, 5.41) is 44.3. The lowest BCUT2D eigenvalue weighted by Gasteiger charge is -2.14. The summed E-state index contributed by atoms with van der Waals surface area (Å²) in [5.41, 5.74) is 3.31. The molecule has 8 N–H and O–H groups in total. The summed E-state index contributed by atoms with van der Waals surface area (Å²) in [6.07, 6.45) is 0.0269. The lowest BCUT2D eigenvalue weighted by Crippen LogP contribution is -2.23. The predicted molar refractivity (Wildman–Crippen MR) is 149 cm³/mol. The summed E-state index contributed by atoms with van der Waals surface area (Å²) < 4.78 is 35.8. The van der Waals surface area contributed by atoms with Gasteiger partial charge >= 0.3 is 0 Å². The summed E-state index contributed by atoms with van der Waals surface area (Å²) >= 11 is 0. The zero-order valence-electron chi connectivity index (χ0n) is 21.8. The fourth-order valence-electron chi connectivity index (χ4n) is 3.58. The number of benzene rings is 3. The predicted octanol–water partition coefficient (Wildman–Crippen LogP) is 1.66. The summed E-state index contributed by atoms with van der Waals surface area (Å²) in [5.74, 6) is 0.733. The maximum atomic E-state index is 11.1. The van der Waals surface area contributed by atoms with Crippen molar-refractivity contribution < 1.29 is 43.1 Å². The van der Waals surface area contributed by atoms with Crippen molar-refractivity contribution in [1.29, 1.82) is 0 Å². The van der Waals surface area contributed by atoms with Crippen LogP contribution in [0, 0.1) is 0 Å². The summed E-state index contributed by atoms with van der Waals surface area (Å²) in [6, 6.07) is 19.2. The molecule has 0 bridgehead atoms. The number of carbonyl (C=O) groups is 1. The van der Waals surface area contributed by atoms with E-state index in [-0.39, 0.29) is 18.8 Å². The number of aliphatic hydroxyl groups excluding tert-OH is 2. The van der Waals surface area contributed by atoms with Crippen LogP contribution in [0.4, 0.5) is 5.69 Å². The number of nitrogens with one attached hydrogen (secondary N) is 2. The third kappa shape index (κ3) is 12.4. The Hall–Kier alpha value is -3.72. The molecule has 0 aliphatic carbocycles. The van der Waals surface area contributed by atoms with E-state index < -0.39 is 16.3 Å². The Morgan fingerprint density at radius 2 is 1.73 bits per heavy atom. The molecule has 13 heteroatoms. The Kier molecular flexibility index (Phi) is 13.9. The van der Waals surface area contributed by atoms with E-state index in [2.05, 4.69) is 10.0 Å². The number of carboxylic acid groups (broad SMARTS) is 1. The molecule has 0 saturated heterocycles. The molecule has 3 aromatic carbocycles. The van der Waals surface area contributed by atoms with Crippen molar-refractivity contribution in [2.24, 2.45) is 5.14 Å². The minimum absolute atomic E-state index is 0.00894. The van der Waals surface area contributed by atoms with Crippen LogP contribution in [0.25, 0.3) is 0 Å². The van der Waals surface area contributed by atoms with Crippen LogP contribution < -0.4 is 19.9 Å². The van der Waals surface area contributed by atoms with Crippen molar-refractivity contribution in [2.45, 2.75) is 25.7 Å². The first kappa shape index (κ1) is 32.5. The number of ether oxygens (including phenoxy) is 2. The SMILES string of the molecule is NS(=O)(=O)Nc1cccc(COCCOc2ccc(CCNC[C@H](O)c3ccc(O)c(CO)c3)cc2)c1.O=CO. The number of hydrogen-bond donors (Lipinski definition) is 7. The Morgan fingerprint density at radius 1 is 1.00 bits per heavy atom. The molecular weight excluding hydrogens is 542 g/mol. The van der Waals surface area contributed by atoms with Crippen LogP contribution in [-0.2, 0) is 39.4 Å². The molecule has 40 heavy (non-hydrogen) atoms. The Labute approximate surface area is 233 Å². The molecule has 218 valence electrons. The number of anilines is 1. The zero-order valence-corrected chi connectivity index (χ0v) is 22.6. The van der Waals surface area contributed by atoms with Gasteiger partial charge in [0.1, 0.15) is 18.1 Å². The van der Waals surface area contributed by atoms with E-state index in [4.69, 9.17) is 24.5 Å². The first-order valence-electron chi connectivity index (χ1n) is 12.2. The van der Waals surface area contributed by atoms with E-state index in [0.717, 1.165) is 23.3 Å². The Balaban J connectivity index is 0.00000178. The minimum atomic E-state index is -3.82. The van der Waals surface area contributed by atoms with Crippen molar-refractivity contribution in [3.8, 4) is 11.5 Å². The average molecular weight is 578 g/mol. The van der Waals surface area contributed by atoms with Crippen LogP contribution >= 0.6 is 0 Å². The van der Waals surface area contributed by atoms with Gasteiger partial charge in [-0.05, 0) is 66.1 Å². The standard InChI is InChI=1S/C26H33N3O7S.CH2O2/c27-37(33,34)29-23-3-1-2-20(14-23)18-35-12-13-36-24-7-4-19(5-8-24)10-11-28-16-26(32)21-6-9-25(31)22(15-21)17-30;2-1-3/h1-9,14-15,26,28-32H,10-13,16-18H2,(H2,27,33,34);1H,(H,2,3)/t26-;/m0./s1. The summed E-state index contributed by atoms with van der Waals surface area (Å²) in [7, 11) is -3.82. The largest absolute Gasteiger partial charge is 0.508 e. The first-order chi connectivity index (χ1) is 19.1. The van der Waals surface area contributed by atoms with Gasteiger partial charge in [0, 0.05) is 12.1 Å². The molecule has 0 aliphatic rings. The van der Waals surface area contributed by atoms with Crippen LogP contribution in [0.5, 0.6) is 11.5 Å². The van der Waals surface area contributed by atoms with Crippen molar-refractivity contribution in [3.05, 3.63) is 89.0 Å². The van der Waals surface area contributed by atoms with Gasteiger partial charge in [0.05, 0.1) is 31.6 Å². The molecule has 3 rings (SSSR count). The van der Waals surface area contributed by atoms with Crippen molar-refractivity contribution in [1.82, 2.24) is 5.32 Å². The molecule has 1 atom stereocenters. The first-order valence-corrected chi connectivity index (χ1v) is 13.8. The van der Waals surface area contributed by atoms with Gasteiger partial charge in [-0.15, -0.1) is 0 Å².